The molecule has 0 saturated carbocycles. The van der Waals surface area contributed by atoms with E-state index in [9.17, 15) is 5.11 Å². The Balaban J connectivity index is 2.47. The highest BCUT2D eigenvalue weighted by Gasteiger charge is 2.18. The molecule has 3 heteroatoms. The summed E-state index contributed by atoms with van der Waals surface area (Å²) < 4.78 is 5.27. The largest absolute Gasteiger partial charge is 0.497 e. The lowest BCUT2D eigenvalue weighted by Gasteiger charge is -2.33. The van der Waals surface area contributed by atoms with Crippen molar-refractivity contribution >= 4 is 16.3 Å². The second-order valence-corrected chi connectivity index (χ2v) is 6.47. The van der Waals surface area contributed by atoms with Crippen molar-refractivity contribution in [2.24, 2.45) is 0 Å². The molecule has 0 unspecified atom stereocenters. The number of fused-ring (bicyclic) bond motifs is 1. The third-order valence-corrected chi connectivity index (χ3v) is 4.17. The standard InChI is InChI=1S/C20H27NO2/c1-13(2)21(14(3)4)20(22)15(5)16-7-8-18-12-19(23-6)10-9-17(18)11-16/h7-14,22H,1-6H3/b20-15-. The summed E-state index contributed by atoms with van der Waals surface area (Å²) in [4.78, 5) is 2.04. The fourth-order valence-electron chi connectivity index (χ4n) is 2.99. The summed E-state index contributed by atoms with van der Waals surface area (Å²) in [5.41, 5.74) is 1.93. The average molecular weight is 313 g/mol. The van der Waals surface area contributed by atoms with Crippen molar-refractivity contribution in [3.63, 3.8) is 0 Å². The third kappa shape index (κ3) is 3.61. The van der Waals surface area contributed by atoms with Crippen LogP contribution in [0.25, 0.3) is 16.3 Å². The Labute approximate surface area is 139 Å². The predicted octanol–water partition coefficient (Wildman–Crippen LogP) is 5.21. The number of benzene rings is 2. The van der Waals surface area contributed by atoms with Crippen molar-refractivity contribution < 1.29 is 9.84 Å². The highest BCUT2D eigenvalue weighted by Crippen LogP contribution is 2.27. The summed E-state index contributed by atoms with van der Waals surface area (Å²) in [6.07, 6.45) is 0. The quantitative estimate of drug-likeness (QED) is 0.769. The number of hydrogen-bond donors (Lipinski definition) is 1. The lowest BCUT2D eigenvalue weighted by molar-refractivity contribution is 0.136. The minimum atomic E-state index is 0.245. The maximum absolute atomic E-state index is 10.7. The number of methoxy groups -OCH3 is 1. The van der Waals surface area contributed by atoms with E-state index in [1.165, 1.54) is 0 Å². The second-order valence-electron chi connectivity index (χ2n) is 6.47. The van der Waals surface area contributed by atoms with Gasteiger partial charge >= 0.3 is 0 Å². The van der Waals surface area contributed by atoms with E-state index in [1.54, 1.807) is 7.11 Å². The summed E-state index contributed by atoms with van der Waals surface area (Å²) in [5, 5.41) is 13.0. The molecule has 2 aromatic carbocycles. The van der Waals surface area contributed by atoms with Gasteiger partial charge < -0.3 is 14.7 Å². The van der Waals surface area contributed by atoms with Crippen LogP contribution >= 0.6 is 0 Å². The van der Waals surface area contributed by atoms with Crippen molar-refractivity contribution in [3.8, 4) is 5.75 Å². The molecule has 3 nitrogen and oxygen atoms in total. The zero-order valence-corrected chi connectivity index (χ0v) is 14.9. The molecule has 23 heavy (non-hydrogen) atoms. The molecule has 0 saturated heterocycles. The van der Waals surface area contributed by atoms with E-state index in [4.69, 9.17) is 4.74 Å². The van der Waals surface area contributed by atoms with E-state index >= 15 is 0 Å². The number of ether oxygens (including phenoxy) is 1. The topological polar surface area (TPSA) is 32.7 Å². The van der Waals surface area contributed by atoms with Crippen LogP contribution in [0.15, 0.2) is 42.3 Å². The van der Waals surface area contributed by atoms with Gasteiger partial charge in [0.25, 0.3) is 0 Å². The molecule has 0 spiro atoms. The van der Waals surface area contributed by atoms with Gasteiger partial charge in [-0.15, -0.1) is 0 Å². The zero-order chi connectivity index (χ0) is 17.1. The third-order valence-electron chi connectivity index (χ3n) is 4.17. The van der Waals surface area contributed by atoms with E-state index < -0.39 is 0 Å². The van der Waals surface area contributed by atoms with Gasteiger partial charge in [-0.25, -0.2) is 0 Å². The molecule has 2 rings (SSSR count). The first-order valence-electron chi connectivity index (χ1n) is 8.11. The Bertz CT molecular complexity index is 709. The minimum absolute atomic E-state index is 0.245. The van der Waals surface area contributed by atoms with Crippen molar-refractivity contribution in [1.29, 1.82) is 0 Å². The molecule has 0 radical (unpaired) electrons. The molecular weight excluding hydrogens is 286 g/mol. The number of nitrogens with zero attached hydrogens (tertiary/aromatic N) is 1. The van der Waals surface area contributed by atoms with Gasteiger partial charge in [-0.3, -0.25) is 0 Å². The zero-order valence-electron chi connectivity index (χ0n) is 14.9. The number of aliphatic hydroxyl groups is 1. The average Bonchev–Trinajstić information content (AvgIpc) is 2.52. The summed E-state index contributed by atoms with van der Waals surface area (Å²) in [6, 6.07) is 12.7. The van der Waals surface area contributed by atoms with Crippen LogP contribution in [0.5, 0.6) is 5.75 Å². The molecule has 124 valence electrons. The highest BCUT2D eigenvalue weighted by molar-refractivity contribution is 5.87. The molecule has 1 N–H and O–H groups in total. The molecule has 0 aliphatic rings. The summed E-state index contributed by atoms with van der Waals surface area (Å²) in [5.74, 6) is 1.20. The monoisotopic (exact) mass is 313 g/mol. The number of rotatable bonds is 5. The van der Waals surface area contributed by atoms with Gasteiger partial charge in [0.1, 0.15) is 5.75 Å². The molecule has 0 atom stereocenters. The van der Waals surface area contributed by atoms with E-state index in [2.05, 4.69) is 39.8 Å². The van der Waals surface area contributed by atoms with E-state index in [1.807, 2.05) is 36.1 Å². The van der Waals surface area contributed by atoms with E-state index in [-0.39, 0.29) is 12.1 Å². The van der Waals surface area contributed by atoms with Gasteiger partial charge in [0, 0.05) is 17.7 Å². The molecule has 0 aromatic heterocycles. The van der Waals surface area contributed by atoms with Crippen LogP contribution in [-0.4, -0.2) is 29.2 Å². The van der Waals surface area contributed by atoms with Gasteiger partial charge in [0.05, 0.1) is 7.11 Å². The molecule has 0 fully saturated rings. The molecule has 0 aliphatic heterocycles. The summed E-state index contributed by atoms with van der Waals surface area (Å²) in [7, 11) is 1.67. The van der Waals surface area contributed by atoms with Crippen molar-refractivity contribution in [1.82, 2.24) is 4.90 Å². The maximum Gasteiger partial charge on any atom is 0.190 e. The predicted molar refractivity (Wildman–Crippen MR) is 97.8 cm³/mol. The maximum atomic E-state index is 10.7. The normalized spacial score (nSPS) is 12.7. The number of allylic oxidation sites excluding steroid dienone is 1. The minimum Gasteiger partial charge on any atom is -0.497 e. The van der Waals surface area contributed by atoms with Crippen molar-refractivity contribution in [3.05, 3.63) is 47.8 Å². The van der Waals surface area contributed by atoms with E-state index in [0.717, 1.165) is 27.7 Å². The van der Waals surface area contributed by atoms with Crippen LogP contribution in [0.3, 0.4) is 0 Å². The first-order chi connectivity index (χ1) is 10.8. The van der Waals surface area contributed by atoms with Gasteiger partial charge in [0.15, 0.2) is 5.88 Å². The SMILES string of the molecule is COc1ccc2cc(/C(C)=C(\O)N(C(C)C)C(C)C)ccc2c1. The van der Waals surface area contributed by atoms with Crippen LogP contribution < -0.4 is 4.74 Å². The van der Waals surface area contributed by atoms with E-state index in [0.29, 0.717) is 5.88 Å². The lowest BCUT2D eigenvalue weighted by atomic mass is 10.0. The Kier molecular flexibility index (Phi) is 5.19. The van der Waals surface area contributed by atoms with Crippen LogP contribution in [0.4, 0.5) is 0 Å². The van der Waals surface area contributed by atoms with Crippen molar-refractivity contribution in [2.75, 3.05) is 7.11 Å². The van der Waals surface area contributed by atoms with Crippen LogP contribution in [0.2, 0.25) is 0 Å². The smallest absolute Gasteiger partial charge is 0.190 e. The Morgan fingerprint density at radius 2 is 1.52 bits per heavy atom. The number of hydrogen-bond acceptors (Lipinski definition) is 3. The molecule has 0 heterocycles. The fraction of sp³-hybridized carbons (Fsp3) is 0.400. The molecule has 0 bridgehead atoms. The number of aliphatic hydroxyl groups excluding tert-OH is 1. The molecule has 2 aromatic rings. The fourth-order valence-corrected chi connectivity index (χ4v) is 2.99. The summed E-state index contributed by atoms with van der Waals surface area (Å²) in [6.45, 7) is 10.3. The Morgan fingerprint density at radius 3 is 2.09 bits per heavy atom. The highest BCUT2D eigenvalue weighted by atomic mass is 16.5. The second kappa shape index (κ2) is 6.95. The van der Waals surface area contributed by atoms with Crippen LogP contribution in [0.1, 0.15) is 40.2 Å². The molecule has 0 aliphatic carbocycles. The van der Waals surface area contributed by atoms with Crippen LogP contribution in [-0.2, 0) is 0 Å². The lowest BCUT2D eigenvalue weighted by Crippen LogP contribution is -2.36. The molecule has 0 amide bonds. The Morgan fingerprint density at radius 1 is 0.957 bits per heavy atom. The first-order valence-corrected chi connectivity index (χ1v) is 8.11. The molecular formula is C20H27NO2. The van der Waals surface area contributed by atoms with Crippen molar-refractivity contribution in [2.45, 2.75) is 46.7 Å². The Hall–Kier alpha value is -2.16. The van der Waals surface area contributed by atoms with Gasteiger partial charge in [0.2, 0.25) is 0 Å². The van der Waals surface area contributed by atoms with Gasteiger partial charge in [-0.05, 0) is 69.2 Å². The van der Waals surface area contributed by atoms with Crippen LogP contribution in [0, 0.1) is 0 Å². The first kappa shape index (κ1) is 17.2. The van der Waals surface area contributed by atoms with Gasteiger partial charge in [-0.1, -0.05) is 18.2 Å². The van der Waals surface area contributed by atoms with Gasteiger partial charge in [-0.2, -0.15) is 0 Å². The summed E-state index contributed by atoms with van der Waals surface area (Å²) >= 11 is 0.